The van der Waals surface area contributed by atoms with Crippen LogP contribution in [0.3, 0.4) is 0 Å². The minimum Gasteiger partial charge on any atom is -0.743 e. The summed E-state index contributed by atoms with van der Waals surface area (Å²) < 4.78 is 175. The maximum absolute atomic E-state index is 13.2. The van der Waals surface area contributed by atoms with Gasteiger partial charge in [-0.15, -0.1) is 0 Å². The lowest BCUT2D eigenvalue weighted by Crippen LogP contribution is -2.70. The molecule has 0 spiro atoms. The molecular weight excluding hydrogens is 519 g/mol. The van der Waals surface area contributed by atoms with Crippen molar-refractivity contribution in [1.82, 2.24) is 0 Å². The van der Waals surface area contributed by atoms with Crippen LogP contribution in [0.5, 0.6) is 0 Å². The number of rotatable bonds is 13. The molecule has 0 rings (SSSR count). The molecule has 0 aliphatic heterocycles. The molecule has 0 fully saturated rings. The van der Waals surface area contributed by atoms with E-state index in [1.54, 1.807) is 0 Å². The van der Waals surface area contributed by atoms with E-state index in [1.165, 1.54) is 37.6 Å². The van der Waals surface area contributed by atoms with Gasteiger partial charge in [-0.25, -0.2) is 12.8 Å². The molecule has 0 bridgehead atoms. The molecule has 16 heteroatoms. The van der Waals surface area contributed by atoms with Crippen LogP contribution in [-0.2, 0) is 10.1 Å². The van der Waals surface area contributed by atoms with Gasteiger partial charge in [0.15, 0.2) is 16.3 Å². The van der Waals surface area contributed by atoms with E-state index in [9.17, 15) is 61.3 Å². The highest BCUT2D eigenvalue weighted by Crippen LogP contribution is 2.59. The van der Waals surface area contributed by atoms with Gasteiger partial charge in [-0.3, -0.25) is 0 Å². The van der Waals surface area contributed by atoms with E-state index in [0.29, 0.717) is 0 Å². The topological polar surface area (TPSA) is 57.2 Å². The Morgan fingerprint density at radius 3 is 1.29 bits per heavy atom. The third-order valence-corrected chi connectivity index (χ3v) is 6.66. The van der Waals surface area contributed by atoms with Gasteiger partial charge in [-0.05, 0) is 34.1 Å². The molecule has 0 heterocycles. The van der Waals surface area contributed by atoms with Gasteiger partial charge in [-0.2, -0.15) is 43.9 Å². The van der Waals surface area contributed by atoms with Crippen LogP contribution in [0.25, 0.3) is 0 Å². The van der Waals surface area contributed by atoms with E-state index < -0.39 is 58.1 Å². The average molecular weight is 549 g/mol. The lowest BCUT2D eigenvalue weighted by molar-refractivity contribution is -0.921. The Kier molecular flexibility index (Phi) is 12.3. The Bertz CT molecular complexity index is 709. The molecule has 4 nitrogen and oxygen atoms in total. The van der Waals surface area contributed by atoms with Crippen molar-refractivity contribution in [1.29, 1.82) is 0 Å². The standard InChI is InChI=1S/C10H11F11O3S.C8H20N/c1-2-3-4-5(11)6(12,13)7(14,15)8(16,17)9(18,19)10(20,21)25(22,23)24;1-5-9(6-2,7-3)8-4/h5H,2-4H2,1H3,(H,22,23,24);5-8H2,1-4H3/q;+1/p-1. The Labute approximate surface area is 191 Å². The number of halogens is 11. The van der Waals surface area contributed by atoms with Crippen molar-refractivity contribution < 1.29 is 65.7 Å². The molecule has 208 valence electrons. The largest absolute Gasteiger partial charge is 0.743 e. The quantitative estimate of drug-likeness (QED) is 0.159. The van der Waals surface area contributed by atoms with Crippen LogP contribution in [0, 0.1) is 0 Å². The van der Waals surface area contributed by atoms with E-state index >= 15 is 0 Å². The fourth-order valence-corrected chi connectivity index (χ4v) is 3.29. The second-order valence-electron chi connectivity index (χ2n) is 7.53. The van der Waals surface area contributed by atoms with Crippen molar-refractivity contribution in [3.8, 4) is 0 Å². The van der Waals surface area contributed by atoms with Crippen LogP contribution in [0.4, 0.5) is 48.3 Å². The van der Waals surface area contributed by atoms with Crippen LogP contribution in [-0.4, -0.2) is 78.7 Å². The zero-order chi connectivity index (χ0) is 28.0. The lowest BCUT2D eigenvalue weighted by atomic mass is 9.93. The highest BCUT2D eigenvalue weighted by molar-refractivity contribution is 7.86. The molecular formula is C18H30F11NO3S. The summed E-state index contributed by atoms with van der Waals surface area (Å²) in [6, 6.07) is 0. The third kappa shape index (κ3) is 6.45. The molecule has 0 aromatic carbocycles. The van der Waals surface area contributed by atoms with E-state index in [2.05, 4.69) is 27.7 Å². The van der Waals surface area contributed by atoms with Crippen LogP contribution >= 0.6 is 0 Å². The van der Waals surface area contributed by atoms with Gasteiger partial charge in [0, 0.05) is 0 Å². The first-order valence-corrected chi connectivity index (χ1v) is 11.7. The molecule has 0 radical (unpaired) electrons. The first kappa shape index (κ1) is 35.3. The molecule has 1 unspecified atom stereocenters. The van der Waals surface area contributed by atoms with Crippen LogP contribution < -0.4 is 0 Å². The summed E-state index contributed by atoms with van der Waals surface area (Å²) in [5.41, 5.74) is 0. The monoisotopic (exact) mass is 549 g/mol. The molecule has 34 heavy (non-hydrogen) atoms. The van der Waals surface area contributed by atoms with Crippen molar-refractivity contribution >= 4 is 10.1 Å². The number of alkyl halides is 11. The van der Waals surface area contributed by atoms with Crippen LogP contribution in [0.15, 0.2) is 0 Å². The first-order valence-electron chi connectivity index (χ1n) is 10.3. The summed E-state index contributed by atoms with van der Waals surface area (Å²) in [6.45, 7) is 15.5. The van der Waals surface area contributed by atoms with Crippen LogP contribution in [0.2, 0.25) is 0 Å². The minimum absolute atomic E-state index is 0.0961. The Balaban J connectivity index is 0. The zero-order valence-corrected chi connectivity index (χ0v) is 20.1. The smallest absolute Gasteiger partial charge is 0.402 e. The molecule has 0 N–H and O–H groups in total. The van der Waals surface area contributed by atoms with E-state index in [-0.39, 0.29) is 6.42 Å². The number of quaternary nitrogens is 1. The number of unbranched alkanes of at least 4 members (excludes halogenated alkanes) is 1. The van der Waals surface area contributed by atoms with Gasteiger partial charge in [0.05, 0.1) is 26.2 Å². The molecule has 1 atom stereocenters. The molecule has 0 aliphatic rings. The van der Waals surface area contributed by atoms with E-state index in [0.717, 1.165) is 0 Å². The second kappa shape index (κ2) is 11.9. The van der Waals surface area contributed by atoms with Gasteiger partial charge in [0.1, 0.15) is 0 Å². The highest BCUT2D eigenvalue weighted by atomic mass is 32.2. The Hall–Kier alpha value is -0.900. The number of hydrogen-bond acceptors (Lipinski definition) is 3. The van der Waals surface area contributed by atoms with Gasteiger partial charge in [0.2, 0.25) is 0 Å². The van der Waals surface area contributed by atoms with Gasteiger partial charge >= 0.3 is 28.9 Å². The maximum Gasteiger partial charge on any atom is 0.402 e. The van der Waals surface area contributed by atoms with E-state index in [4.69, 9.17) is 0 Å². The zero-order valence-electron chi connectivity index (χ0n) is 19.3. The third-order valence-electron chi connectivity index (χ3n) is 5.77. The minimum atomic E-state index is -7.79. The van der Waals surface area contributed by atoms with Crippen molar-refractivity contribution in [3.63, 3.8) is 0 Å². The summed E-state index contributed by atoms with van der Waals surface area (Å²) in [6.07, 6.45) is -6.31. The predicted molar refractivity (Wildman–Crippen MR) is 101 cm³/mol. The fourth-order valence-electron chi connectivity index (χ4n) is 2.85. The Morgan fingerprint density at radius 2 is 1.06 bits per heavy atom. The van der Waals surface area contributed by atoms with Gasteiger partial charge < -0.3 is 9.04 Å². The maximum atomic E-state index is 13.2. The van der Waals surface area contributed by atoms with Crippen molar-refractivity contribution in [3.05, 3.63) is 0 Å². The normalized spacial score (nSPS) is 15.6. The lowest BCUT2D eigenvalue weighted by Gasteiger charge is -2.40. The summed E-state index contributed by atoms with van der Waals surface area (Å²) >= 11 is 0. The highest BCUT2D eigenvalue weighted by Gasteiger charge is 2.88. The molecule has 0 aromatic heterocycles. The molecule has 0 aromatic rings. The number of hydrogen-bond donors (Lipinski definition) is 0. The molecule has 0 aliphatic carbocycles. The fraction of sp³-hybridized carbons (Fsp3) is 1.00. The van der Waals surface area contributed by atoms with Crippen molar-refractivity contribution in [2.45, 2.75) is 89.0 Å². The second-order valence-corrected chi connectivity index (χ2v) is 8.95. The SMILES string of the molecule is CCCCC(F)C(F)(F)C(F)(F)C(F)(F)C(F)(F)C(F)(F)S(=O)(=O)[O-].CC[N+](CC)(CC)CC. The van der Waals surface area contributed by atoms with Gasteiger partial charge in [-0.1, -0.05) is 19.8 Å². The van der Waals surface area contributed by atoms with Gasteiger partial charge in [0.25, 0.3) is 0 Å². The summed E-state index contributed by atoms with van der Waals surface area (Å²) in [4.78, 5) is 0. The summed E-state index contributed by atoms with van der Waals surface area (Å²) in [7, 11) is -7.67. The molecule has 0 saturated carbocycles. The molecule has 0 saturated heterocycles. The summed E-state index contributed by atoms with van der Waals surface area (Å²) in [5.74, 6) is -29.6. The van der Waals surface area contributed by atoms with Crippen molar-refractivity contribution in [2.75, 3.05) is 26.2 Å². The van der Waals surface area contributed by atoms with Crippen LogP contribution in [0.1, 0.15) is 53.9 Å². The number of nitrogens with zero attached hydrogens (tertiary/aromatic N) is 1. The predicted octanol–water partition coefficient (Wildman–Crippen LogP) is 6.08. The average Bonchev–Trinajstić information content (AvgIpc) is 2.73. The summed E-state index contributed by atoms with van der Waals surface area (Å²) in [5, 5.41) is -7.38. The van der Waals surface area contributed by atoms with Crippen molar-refractivity contribution in [2.24, 2.45) is 0 Å². The molecule has 0 amide bonds. The first-order chi connectivity index (χ1) is 15.0. The Morgan fingerprint density at radius 1 is 0.706 bits per heavy atom. The van der Waals surface area contributed by atoms with E-state index in [1.807, 2.05) is 0 Å².